The van der Waals surface area contributed by atoms with E-state index < -0.39 is 11.9 Å². The summed E-state index contributed by atoms with van der Waals surface area (Å²) in [6, 6.07) is 11.7. The standard InChI is InChI=1S/C20H19FN2O4/c1-12-9-23(20(25)27-12)16-6-7-17(18(21)8-16)13-2-4-14(5-3-13)19-22-15(10-24)11-26-19/h2-8,12,15,24H,9-11H2,1H3. The zero-order valence-corrected chi connectivity index (χ0v) is 14.8. The molecule has 1 amide bonds. The minimum Gasteiger partial charge on any atom is -0.475 e. The SMILES string of the molecule is CC1CN(c2ccc(-c3ccc(C4=NC(CO)CO4)cc3)c(F)c2)C(=O)O1. The summed E-state index contributed by atoms with van der Waals surface area (Å²) < 4.78 is 25.2. The average molecular weight is 370 g/mol. The third kappa shape index (κ3) is 3.38. The van der Waals surface area contributed by atoms with Crippen molar-refractivity contribution < 1.29 is 23.8 Å². The number of hydrogen-bond acceptors (Lipinski definition) is 5. The molecule has 27 heavy (non-hydrogen) atoms. The topological polar surface area (TPSA) is 71.4 Å². The van der Waals surface area contributed by atoms with E-state index in [-0.39, 0.29) is 18.8 Å². The Morgan fingerprint density at radius 3 is 2.56 bits per heavy atom. The molecule has 2 aromatic carbocycles. The first-order valence-corrected chi connectivity index (χ1v) is 8.75. The highest BCUT2D eigenvalue weighted by atomic mass is 19.1. The van der Waals surface area contributed by atoms with Crippen LogP contribution in [0.3, 0.4) is 0 Å². The first-order chi connectivity index (χ1) is 13.0. The molecule has 2 aliphatic rings. The summed E-state index contributed by atoms with van der Waals surface area (Å²) in [6.07, 6.45) is -0.670. The van der Waals surface area contributed by atoms with Gasteiger partial charge in [-0.3, -0.25) is 4.90 Å². The number of amides is 1. The Labute approximate surface area is 155 Å². The van der Waals surface area contributed by atoms with Crippen LogP contribution >= 0.6 is 0 Å². The number of rotatable bonds is 4. The van der Waals surface area contributed by atoms with E-state index in [4.69, 9.17) is 14.6 Å². The van der Waals surface area contributed by atoms with Gasteiger partial charge in [-0.05, 0) is 42.8 Å². The van der Waals surface area contributed by atoms with Gasteiger partial charge in [-0.2, -0.15) is 0 Å². The van der Waals surface area contributed by atoms with Gasteiger partial charge in [0.15, 0.2) is 0 Å². The Morgan fingerprint density at radius 2 is 1.96 bits per heavy atom. The number of aliphatic hydroxyl groups excluding tert-OH is 1. The lowest BCUT2D eigenvalue weighted by atomic mass is 10.0. The number of aliphatic imine (C=N–C) groups is 1. The second-order valence-electron chi connectivity index (χ2n) is 6.63. The molecular formula is C20H19FN2O4. The number of anilines is 1. The number of carbonyl (C=O) groups excluding carboxylic acids is 1. The van der Waals surface area contributed by atoms with Crippen LogP contribution in [-0.2, 0) is 9.47 Å². The van der Waals surface area contributed by atoms with Crippen molar-refractivity contribution >= 4 is 17.7 Å². The third-order valence-electron chi connectivity index (χ3n) is 4.59. The smallest absolute Gasteiger partial charge is 0.414 e. The Morgan fingerprint density at radius 1 is 1.22 bits per heavy atom. The Balaban J connectivity index is 1.56. The minimum atomic E-state index is -0.461. The zero-order chi connectivity index (χ0) is 19.0. The van der Waals surface area contributed by atoms with Crippen LogP contribution in [0.1, 0.15) is 12.5 Å². The summed E-state index contributed by atoms with van der Waals surface area (Å²) in [6.45, 7) is 2.51. The Bertz CT molecular complexity index is 897. The lowest BCUT2D eigenvalue weighted by Gasteiger charge is -2.14. The number of carbonyl (C=O) groups is 1. The molecule has 2 unspecified atom stereocenters. The van der Waals surface area contributed by atoms with E-state index in [1.807, 2.05) is 0 Å². The molecule has 0 saturated carbocycles. The second-order valence-corrected chi connectivity index (χ2v) is 6.63. The lowest BCUT2D eigenvalue weighted by molar-refractivity contribution is 0.150. The van der Waals surface area contributed by atoms with E-state index in [0.717, 1.165) is 5.56 Å². The summed E-state index contributed by atoms with van der Waals surface area (Å²) >= 11 is 0. The summed E-state index contributed by atoms with van der Waals surface area (Å²) in [5.74, 6) is 0.0699. The predicted molar refractivity (Wildman–Crippen MR) is 98.5 cm³/mol. The molecule has 0 spiro atoms. The molecule has 6 nitrogen and oxygen atoms in total. The number of benzene rings is 2. The second kappa shape index (κ2) is 7.00. The van der Waals surface area contributed by atoms with Crippen LogP contribution in [0.25, 0.3) is 11.1 Å². The number of hydrogen-bond donors (Lipinski definition) is 1. The van der Waals surface area contributed by atoms with Crippen LogP contribution in [0.4, 0.5) is 14.9 Å². The van der Waals surface area contributed by atoms with Gasteiger partial charge in [0, 0.05) is 11.1 Å². The fourth-order valence-electron chi connectivity index (χ4n) is 3.18. The van der Waals surface area contributed by atoms with Crippen molar-refractivity contribution in [2.45, 2.75) is 19.1 Å². The fourth-order valence-corrected chi connectivity index (χ4v) is 3.18. The van der Waals surface area contributed by atoms with Gasteiger partial charge in [0.2, 0.25) is 5.90 Å². The quantitative estimate of drug-likeness (QED) is 0.898. The minimum absolute atomic E-state index is 0.0531. The molecule has 2 aliphatic heterocycles. The Kier molecular flexibility index (Phi) is 4.53. The van der Waals surface area contributed by atoms with Crippen molar-refractivity contribution in [1.29, 1.82) is 0 Å². The number of aliphatic hydroxyl groups is 1. The van der Waals surface area contributed by atoms with Crippen LogP contribution in [0.2, 0.25) is 0 Å². The van der Waals surface area contributed by atoms with E-state index in [2.05, 4.69) is 4.99 Å². The van der Waals surface area contributed by atoms with Crippen LogP contribution in [0, 0.1) is 5.82 Å². The van der Waals surface area contributed by atoms with E-state index in [1.165, 1.54) is 11.0 Å². The van der Waals surface area contributed by atoms with Gasteiger partial charge < -0.3 is 14.6 Å². The number of cyclic esters (lactones) is 1. The molecule has 1 saturated heterocycles. The number of ether oxygens (including phenoxy) is 2. The molecule has 0 bridgehead atoms. The van der Waals surface area contributed by atoms with Crippen molar-refractivity contribution in [3.05, 3.63) is 53.8 Å². The van der Waals surface area contributed by atoms with Crippen LogP contribution in [0.15, 0.2) is 47.5 Å². The summed E-state index contributed by atoms with van der Waals surface area (Å²) in [4.78, 5) is 17.5. The molecular weight excluding hydrogens is 351 g/mol. The van der Waals surface area contributed by atoms with Crippen molar-refractivity contribution in [3.8, 4) is 11.1 Å². The van der Waals surface area contributed by atoms with Crippen LogP contribution < -0.4 is 4.90 Å². The first-order valence-electron chi connectivity index (χ1n) is 8.75. The van der Waals surface area contributed by atoms with Crippen molar-refractivity contribution in [1.82, 2.24) is 0 Å². The summed E-state index contributed by atoms with van der Waals surface area (Å²) in [5, 5.41) is 9.12. The molecule has 2 aromatic rings. The van der Waals surface area contributed by atoms with Gasteiger partial charge in [-0.25, -0.2) is 14.2 Å². The molecule has 1 N–H and O–H groups in total. The monoisotopic (exact) mass is 370 g/mol. The van der Waals surface area contributed by atoms with Gasteiger partial charge in [0.05, 0.1) is 18.8 Å². The van der Waals surface area contributed by atoms with E-state index >= 15 is 0 Å². The molecule has 2 heterocycles. The molecule has 1 fully saturated rings. The van der Waals surface area contributed by atoms with Crippen molar-refractivity contribution in [2.24, 2.45) is 4.99 Å². The number of nitrogens with zero attached hydrogens (tertiary/aromatic N) is 2. The van der Waals surface area contributed by atoms with E-state index in [0.29, 0.717) is 35.9 Å². The molecule has 0 radical (unpaired) electrons. The van der Waals surface area contributed by atoms with Gasteiger partial charge in [0.1, 0.15) is 24.6 Å². The highest BCUT2D eigenvalue weighted by Gasteiger charge is 2.29. The summed E-state index contributed by atoms with van der Waals surface area (Å²) in [7, 11) is 0. The van der Waals surface area contributed by atoms with Gasteiger partial charge in [-0.1, -0.05) is 12.1 Å². The van der Waals surface area contributed by atoms with Crippen molar-refractivity contribution in [3.63, 3.8) is 0 Å². The molecule has 0 aromatic heterocycles. The third-order valence-corrected chi connectivity index (χ3v) is 4.59. The van der Waals surface area contributed by atoms with Gasteiger partial charge >= 0.3 is 6.09 Å². The zero-order valence-electron chi connectivity index (χ0n) is 14.8. The Hall–Kier alpha value is -2.93. The highest BCUT2D eigenvalue weighted by molar-refractivity contribution is 5.95. The van der Waals surface area contributed by atoms with Gasteiger partial charge in [0.25, 0.3) is 0 Å². The largest absolute Gasteiger partial charge is 0.475 e. The molecule has 2 atom stereocenters. The van der Waals surface area contributed by atoms with E-state index in [9.17, 15) is 9.18 Å². The van der Waals surface area contributed by atoms with Crippen LogP contribution in [-0.4, -0.2) is 49.0 Å². The molecule has 7 heteroatoms. The maximum absolute atomic E-state index is 14.7. The lowest BCUT2D eigenvalue weighted by Crippen LogP contribution is -2.24. The highest BCUT2D eigenvalue weighted by Crippen LogP contribution is 2.29. The predicted octanol–water partition coefficient (Wildman–Crippen LogP) is 2.98. The molecule has 0 aliphatic carbocycles. The van der Waals surface area contributed by atoms with Crippen molar-refractivity contribution in [2.75, 3.05) is 24.7 Å². The number of halogens is 1. The first kappa shape index (κ1) is 17.5. The molecule has 140 valence electrons. The normalized spacial score (nSPS) is 21.8. The maximum Gasteiger partial charge on any atom is 0.414 e. The van der Waals surface area contributed by atoms with E-state index in [1.54, 1.807) is 43.3 Å². The van der Waals surface area contributed by atoms with Gasteiger partial charge in [-0.15, -0.1) is 0 Å². The van der Waals surface area contributed by atoms with Crippen LogP contribution in [0.5, 0.6) is 0 Å². The maximum atomic E-state index is 14.7. The summed E-state index contributed by atoms with van der Waals surface area (Å²) in [5.41, 5.74) is 2.40. The average Bonchev–Trinajstić information content (AvgIpc) is 3.28. The fraction of sp³-hybridized carbons (Fsp3) is 0.300. The molecule has 4 rings (SSSR count).